The smallest absolute Gasteiger partial charge is 0.329 e. The van der Waals surface area contributed by atoms with Crippen molar-refractivity contribution in [1.29, 1.82) is 0 Å². The van der Waals surface area contributed by atoms with Crippen LogP contribution < -0.4 is 9.64 Å². The Hall–Kier alpha value is -2.21. The van der Waals surface area contributed by atoms with Gasteiger partial charge in [-0.05, 0) is 23.8 Å². The van der Waals surface area contributed by atoms with Crippen LogP contribution in [0.5, 0.6) is 5.75 Å². The molecule has 23 heavy (non-hydrogen) atoms. The fraction of sp³-hybridized carbons (Fsp3) is 0.294. The van der Waals surface area contributed by atoms with Gasteiger partial charge in [0.15, 0.2) is 6.04 Å². The van der Waals surface area contributed by atoms with E-state index in [0.29, 0.717) is 12.4 Å². The van der Waals surface area contributed by atoms with E-state index in [1.54, 1.807) is 0 Å². The number of carboxylic acids is 1. The summed E-state index contributed by atoms with van der Waals surface area (Å²) in [7, 11) is 2.06. The van der Waals surface area contributed by atoms with Gasteiger partial charge in [-0.15, -0.1) is 11.8 Å². The van der Waals surface area contributed by atoms with E-state index in [-0.39, 0.29) is 0 Å². The van der Waals surface area contributed by atoms with E-state index < -0.39 is 12.0 Å². The predicted octanol–water partition coefficient (Wildman–Crippen LogP) is 2.68. The SMILES string of the molecule is CN1CCOc2cc(/C=C/C=C/C3=N[C@@H](C(=O)O)CS3)ccc21. The number of fused-ring (bicyclic) bond motifs is 1. The van der Waals surface area contributed by atoms with Crippen molar-refractivity contribution in [2.75, 3.05) is 30.9 Å². The van der Waals surface area contributed by atoms with Gasteiger partial charge < -0.3 is 14.7 Å². The Labute approximate surface area is 139 Å². The molecule has 0 fully saturated rings. The summed E-state index contributed by atoms with van der Waals surface area (Å²) < 4.78 is 5.68. The molecule has 0 amide bonds. The normalized spacial score (nSPS) is 20.7. The average Bonchev–Trinajstić information content (AvgIpc) is 3.01. The zero-order chi connectivity index (χ0) is 16.2. The summed E-state index contributed by atoms with van der Waals surface area (Å²) in [5, 5.41) is 9.65. The molecule has 2 aliphatic rings. The molecule has 0 aromatic heterocycles. The molecule has 0 saturated heterocycles. The molecule has 1 N–H and O–H groups in total. The highest BCUT2D eigenvalue weighted by atomic mass is 32.2. The molecule has 0 spiro atoms. The maximum Gasteiger partial charge on any atom is 0.329 e. The van der Waals surface area contributed by atoms with Gasteiger partial charge in [0.2, 0.25) is 0 Å². The summed E-state index contributed by atoms with van der Waals surface area (Å²) in [6.07, 6.45) is 7.63. The molecule has 5 nitrogen and oxygen atoms in total. The van der Waals surface area contributed by atoms with Gasteiger partial charge in [-0.25, -0.2) is 4.79 Å². The summed E-state index contributed by atoms with van der Waals surface area (Å²) in [6.45, 7) is 1.61. The molecule has 2 aliphatic heterocycles. The van der Waals surface area contributed by atoms with E-state index in [2.05, 4.69) is 29.1 Å². The molecular formula is C17H18N2O3S. The Morgan fingerprint density at radius 1 is 1.43 bits per heavy atom. The van der Waals surface area contributed by atoms with Gasteiger partial charge in [0.05, 0.1) is 17.3 Å². The lowest BCUT2D eigenvalue weighted by Crippen LogP contribution is -2.28. The van der Waals surface area contributed by atoms with E-state index in [4.69, 9.17) is 9.84 Å². The van der Waals surface area contributed by atoms with Crippen molar-refractivity contribution in [3.8, 4) is 5.75 Å². The lowest BCUT2D eigenvalue weighted by molar-refractivity contribution is -0.137. The van der Waals surface area contributed by atoms with E-state index in [1.807, 2.05) is 30.4 Å². The lowest BCUT2D eigenvalue weighted by atomic mass is 10.1. The van der Waals surface area contributed by atoms with E-state index in [9.17, 15) is 4.79 Å². The monoisotopic (exact) mass is 330 g/mol. The van der Waals surface area contributed by atoms with Gasteiger partial charge in [0.1, 0.15) is 12.4 Å². The summed E-state index contributed by atoms with van der Waals surface area (Å²) in [4.78, 5) is 17.1. The maximum absolute atomic E-state index is 10.8. The number of benzene rings is 1. The third-order valence-corrected chi connectivity index (χ3v) is 4.69. The number of allylic oxidation sites excluding steroid dienone is 2. The number of carbonyl (C=O) groups is 1. The highest BCUT2D eigenvalue weighted by Gasteiger charge is 2.22. The number of hydrogen-bond donors (Lipinski definition) is 1. The highest BCUT2D eigenvalue weighted by Crippen LogP contribution is 2.31. The molecule has 0 saturated carbocycles. The summed E-state index contributed by atoms with van der Waals surface area (Å²) in [5.41, 5.74) is 2.17. The van der Waals surface area contributed by atoms with Crippen LogP contribution in [0.15, 0.2) is 41.4 Å². The Morgan fingerprint density at radius 3 is 3.04 bits per heavy atom. The Balaban J connectivity index is 1.64. The zero-order valence-corrected chi connectivity index (χ0v) is 13.6. The van der Waals surface area contributed by atoms with Crippen LogP contribution >= 0.6 is 11.8 Å². The van der Waals surface area contributed by atoms with E-state index >= 15 is 0 Å². The van der Waals surface area contributed by atoms with Gasteiger partial charge in [-0.3, -0.25) is 4.99 Å². The van der Waals surface area contributed by atoms with Crippen molar-refractivity contribution in [3.63, 3.8) is 0 Å². The fourth-order valence-electron chi connectivity index (χ4n) is 2.39. The number of rotatable bonds is 4. The molecule has 1 aromatic rings. The van der Waals surface area contributed by atoms with E-state index in [1.165, 1.54) is 11.8 Å². The molecule has 0 bridgehead atoms. The fourth-order valence-corrected chi connectivity index (χ4v) is 3.32. The Kier molecular flexibility index (Phi) is 4.71. The second-order valence-corrected chi connectivity index (χ2v) is 6.39. The minimum absolute atomic E-state index is 0.508. The molecule has 0 radical (unpaired) electrons. The number of thioether (sulfide) groups is 1. The largest absolute Gasteiger partial charge is 0.490 e. The van der Waals surface area contributed by atoms with Crippen LogP contribution in [0, 0.1) is 0 Å². The lowest BCUT2D eigenvalue weighted by Gasteiger charge is -2.27. The topological polar surface area (TPSA) is 62.1 Å². The third-order valence-electron chi connectivity index (χ3n) is 3.68. The molecule has 0 aliphatic carbocycles. The number of ether oxygens (including phenoxy) is 1. The molecule has 120 valence electrons. The molecular weight excluding hydrogens is 312 g/mol. The molecule has 0 unspecified atom stereocenters. The van der Waals surface area contributed by atoms with Crippen LogP contribution in [0.25, 0.3) is 6.08 Å². The van der Waals surface area contributed by atoms with Gasteiger partial charge in [0.25, 0.3) is 0 Å². The van der Waals surface area contributed by atoms with Crippen molar-refractivity contribution in [1.82, 2.24) is 0 Å². The van der Waals surface area contributed by atoms with Gasteiger partial charge in [-0.1, -0.05) is 24.3 Å². The minimum atomic E-state index is -0.865. The standard InChI is InChI=1S/C17H18N2O3S/c1-19-8-9-22-15-10-12(6-7-14(15)19)4-2-3-5-16-18-13(11-23-16)17(20)21/h2-7,10,13H,8-9,11H2,1H3,(H,20,21)/b4-2+,5-3+/t13-/m1/s1. The summed E-state index contributed by atoms with van der Waals surface area (Å²) in [5.74, 6) is 0.550. The number of likely N-dealkylation sites (N-methyl/N-ethyl adjacent to an activating group) is 1. The second kappa shape index (κ2) is 6.91. The van der Waals surface area contributed by atoms with Crippen molar-refractivity contribution in [2.24, 2.45) is 4.99 Å². The van der Waals surface area contributed by atoms with Crippen LogP contribution in [0.3, 0.4) is 0 Å². The van der Waals surface area contributed by atoms with Crippen molar-refractivity contribution >= 4 is 34.5 Å². The molecule has 1 atom stereocenters. The first-order valence-electron chi connectivity index (χ1n) is 7.39. The van der Waals surface area contributed by atoms with Gasteiger partial charge in [0, 0.05) is 12.8 Å². The highest BCUT2D eigenvalue weighted by molar-refractivity contribution is 8.14. The minimum Gasteiger partial charge on any atom is -0.490 e. The van der Waals surface area contributed by atoms with Crippen molar-refractivity contribution in [2.45, 2.75) is 6.04 Å². The number of hydrogen-bond acceptors (Lipinski definition) is 5. The molecule has 1 aromatic carbocycles. The Morgan fingerprint density at radius 2 is 2.26 bits per heavy atom. The van der Waals surface area contributed by atoms with Crippen LogP contribution in [-0.4, -0.2) is 48.1 Å². The van der Waals surface area contributed by atoms with Gasteiger partial charge >= 0.3 is 5.97 Å². The predicted molar refractivity (Wildman–Crippen MR) is 94.7 cm³/mol. The molecule has 3 rings (SSSR count). The van der Waals surface area contributed by atoms with Crippen molar-refractivity contribution in [3.05, 3.63) is 42.0 Å². The van der Waals surface area contributed by atoms with Crippen LogP contribution in [-0.2, 0) is 4.79 Å². The van der Waals surface area contributed by atoms with Crippen LogP contribution in [0.1, 0.15) is 5.56 Å². The number of anilines is 1. The number of nitrogens with zero attached hydrogens (tertiary/aromatic N) is 2. The quantitative estimate of drug-likeness (QED) is 0.860. The zero-order valence-electron chi connectivity index (χ0n) is 12.8. The van der Waals surface area contributed by atoms with Crippen molar-refractivity contribution < 1.29 is 14.6 Å². The number of carboxylic acid groups (broad SMARTS) is 1. The summed E-state index contributed by atoms with van der Waals surface area (Å²) in [6, 6.07) is 5.53. The van der Waals surface area contributed by atoms with E-state index in [0.717, 1.165) is 28.6 Å². The van der Waals surface area contributed by atoms with Gasteiger partial charge in [-0.2, -0.15) is 0 Å². The third kappa shape index (κ3) is 3.76. The first-order valence-corrected chi connectivity index (χ1v) is 8.38. The first-order chi connectivity index (χ1) is 11.1. The number of aliphatic imine (C=N–C) groups is 1. The first kappa shape index (κ1) is 15.7. The Bertz CT molecular complexity index is 697. The molecule has 6 heteroatoms. The maximum atomic E-state index is 10.8. The number of aliphatic carboxylic acids is 1. The summed E-state index contributed by atoms with van der Waals surface area (Å²) >= 11 is 1.47. The molecule has 2 heterocycles. The van der Waals surface area contributed by atoms with Crippen LogP contribution in [0.4, 0.5) is 5.69 Å². The van der Waals surface area contributed by atoms with Crippen LogP contribution in [0.2, 0.25) is 0 Å². The average molecular weight is 330 g/mol. The second-order valence-electron chi connectivity index (χ2n) is 5.35.